The van der Waals surface area contributed by atoms with Gasteiger partial charge >= 0.3 is 6.36 Å². The van der Waals surface area contributed by atoms with Crippen LogP contribution in [-0.2, 0) is 6.54 Å². The van der Waals surface area contributed by atoms with Gasteiger partial charge in [0.05, 0.1) is 26.0 Å². The van der Waals surface area contributed by atoms with Crippen LogP contribution in [0.2, 0.25) is 0 Å². The molecule has 1 fully saturated rings. The van der Waals surface area contributed by atoms with Crippen molar-refractivity contribution in [3.8, 4) is 34.5 Å². The molecule has 0 spiro atoms. The standard InChI is InChI=1S/C39H48F3N5O5/c1-4-30-26-44-33-24-35(27(2)21-29(33)25-43-30)50-20-8-6-14-47-17-15-46(16-18-47)13-5-7-19-49-34-12-9-28(22-37(34)48-3)38-45-32-11-10-31(23-36(32)51-38)52-39(40,41)42/h9-12,21-24,26,30,43H,4-8,13-20,25H2,1-3H3/t30-/m0/s1. The number of aromatic nitrogens is 1. The van der Waals surface area contributed by atoms with Crippen LogP contribution in [0.5, 0.6) is 23.0 Å². The molecule has 0 bridgehead atoms. The highest BCUT2D eigenvalue weighted by Crippen LogP contribution is 2.35. The molecule has 6 rings (SSSR count). The van der Waals surface area contributed by atoms with Crippen molar-refractivity contribution >= 4 is 23.0 Å². The third-order valence-corrected chi connectivity index (χ3v) is 9.49. The lowest BCUT2D eigenvalue weighted by Crippen LogP contribution is -2.46. The number of piperazine rings is 1. The first-order chi connectivity index (χ1) is 25.2. The molecule has 52 heavy (non-hydrogen) atoms. The van der Waals surface area contributed by atoms with Crippen LogP contribution >= 0.6 is 0 Å². The Morgan fingerprint density at radius 3 is 2.25 bits per heavy atom. The van der Waals surface area contributed by atoms with Crippen LogP contribution in [0.1, 0.15) is 50.2 Å². The van der Waals surface area contributed by atoms with Gasteiger partial charge in [-0.3, -0.25) is 4.99 Å². The number of nitrogens with one attached hydrogen (secondary N) is 1. The van der Waals surface area contributed by atoms with E-state index in [1.807, 2.05) is 6.21 Å². The molecule has 4 aromatic rings. The lowest BCUT2D eigenvalue weighted by molar-refractivity contribution is -0.274. The Balaban J connectivity index is 0.858. The Morgan fingerprint density at radius 1 is 0.865 bits per heavy atom. The number of aryl methyl sites for hydroxylation is 1. The fraction of sp³-hybridized carbons (Fsp3) is 0.487. The summed E-state index contributed by atoms with van der Waals surface area (Å²) < 4.78 is 65.3. The quantitative estimate of drug-likeness (QED) is 0.116. The molecule has 2 aliphatic heterocycles. The van der Waals surface area contributed by atoms with Crippen molar-refractivity contribution in [2.24, 2.45) is 4.99 Å². The molecule has 3 heterocycles. The van der Waals surface area contributed by atoms with Crippen molar-refractivity contribution in [1.82, 2.24) is 20.1 Å². The van der Waals surface area contributed by atoms with Gasteiger partial charge in [0.25, 0.3) is 0 Å². The second-order valence-corrected chi connectivity index (χ2v) is 13.3. The summed E-state index contributed by atoms with van der Waals surface area (Å²) in [6.07, 6.45) is 2.32. The number of halogens is 3. The number of methoxy groups -OCH3 is 1. The predicted octanol–water partition coefficient (Wildman–Crippen LogP) is 7.93. The number of oxazole rings is 1. The number of ether oxygens (including phenoxy) is 4. The highest BCUT2D eigenvalue weighted by molar-refractivity contribution is 5.78. The van der Waals surface area contributed by atoms with Crippen LogP contribution in [0.15, 0.2) is 57.9 Å². The molecule has 0 aliphatic carbocycles. The molecule has 13 heteroatoms. The number of fused-ring (bicyclic) bond motifs is 2. The van der Waals surface area contributed by atoms with Crippen LogP contribution in [-0.4, -0.2) is 93.0 Å². The Kier molecular flexibility index (Phi) is 12.6. The molecule has 0 radical (unpaired) electrons. The van der Waals surface area contributed by atoms with Gasteiger partial charge in [-0.2, -0.15) is 0 Å². The fourth-order valence-electron chi connectivity index (χ4n) is 6.49. The predicted molar refractivity (Wildman–Crippen MR) is 195 cm³/mol. The van der Waals surface area contributed by atoms with Crippen molar-refractivity contribution in [2.45, 2.75) is 64.9 Å². The molecule has 3 aromatic carbocycles. The number of rotatable bonds is 16. The number of hydrogen-bond acceptors (Lipinski definition) is 10. The summed E-state index contributed by atoms with van der Waals surface area (Å²) in [7, 11) is 1.55. The number of nitrogens with zero attached hydrogens (tertiary/aromatic N) is 4. The number of unbranched alkanes of at least 4 members (excludes halogenated alkanes) is 2. The van der Waals surface area contributed by atoms with E-state index < -0.39 is 6.36 Å². The first-order valence-corrected chi connectivity index (χ1v) is 18.1. The number of benzene rings is 3. The van der Waals surface area contributed by atoms with Gasteiger partial charge in [-0.25, -0.2) is 4.98 Å². The molecule has 10 nitrogen and oxygen atoms in total. The van der Waals surface area contributed by atoms with Gasteiger partial charge < -0.3 is 38.5 Å². The summed E-state index contributed by atoms with van der Waals surface area (Å²) >= 11 is 0. The lowest BCUT2D eigenvalue weighted by atomic mass is 10.1. The SMILES string of the molecule is CC[C@H]1C=Nc2cc(OCCCCN3CCN(CCCCOc4ccc(-c5nc6ccc(OC(F)(F)F)cc6o5)cc4OC)CC3)c(C)cc2CN1. The number of hydrogen-bond donors (Lipinski definition) is 1. The molecular formula is C39H48F3N5O5. The van der Waals surface area contributed by atoms with Gasteiger partial charge in [0.2, 0.25) is 5.89 Å². The Morgan fingerprint density at radius 2 is 1.58 bits per heavy atom. The number of alkyl halides is 3. The maximum atomic E-state index is 12.6. The molecule has 1 N–H and O–H groups in total. The molecule has 1 atom stereocenters. The topological polar surface area (TPSA) is 93.8 Å². The monoisotopic (exact) mass is 723 g/mol. The summed E-state index contributed by atoms with van der Waals surface area (Å²) in [5.41, 5.74) is 4.60. The summed E-state index contributed by atoms with van der Waals surface area (Å²) in [5, 5.41) is 3.53. The Labute approximate surface area is 302 Å². The van der Waals surface area contributed by atoms with Crippen LogP contribution in [0.4, 0.5) is 18.9 Å². The summed E-state index contributed by atoms with van der Waals surface area (Å²) in [4.78, 5) is 14.2. The minimum absolute atomic E-state index is 0.185. The Bertz CT molecular complexity index is 1810. The second kappa shape index (κ2) is 17.5. The maximum Gasteiger partial charge on any atom is 0.573 e. The van der Waals surface area contributed by atoms with E-state index in [0.717, 1.165) is 94.9 Å². The third-order valence-electron chi connectivity index (χ3n) is 9.49. The van der Waals surface area contributed by atoms with Crippen molar-refractivity contribution in [2.75, 3.05) is 59.6 Å². The smallest absolute Gasteiger partial charge is 0.493 e. The van der Waals surface area contributed by atoms with Crippen molar-refractivity contribution in [1.29, 1.82) is 0 Å². The van der Waals surface area contributed by atoms with E-state index in [-0.39, 0.29) is 17.2 Å². The minimum atomic E-state index is -4.79. The number of aliphatic imine (C=N–C) groups is 1. The first kappa shape index (κ1) is 37.4. The van der Waals surface area contributed by atoms with Gasteiger partial charge in [-0.05, 0) is 99.6 Å². The maximum absolute atomic E-state index is 12.6. The average Bonchev–Trinajstić information content (AvgIpc) is 3.45. The molecule has 0 unspecified atom stereocenters. The minimum Gasteiger partial charge on any atom is -0.493 e. The highest BCUT2D eigenvalue weighted by atomic mass is 19.4. The van der Waals surface area contributed by atoms with Gasteiger partial charge in [-0.15, -0.1) is 13.2 Å². The van der Waals surface area contributed by atoms with Gasteiger partial charge in [0.1, 0.15) is 17.0 Å². The molecule has 0 amide bonds. The van der Waals surface area contributed by atoms with Crippen LogP contribution < -0.4 is 24.3 Å². The van der Waals surface area contributed by atoms with E-state index in [1.165, 1.54) is 23.8 Å². The normalized spacial score (nSPS) is 16.8. The van der Waals surface area contributed by atoms with E-state index in [0.29, 0.717) is 41.8 Å². The molecule has 280 valence electrons. The molecule has 1 saturated heterocycles. The van der Waals surface area contributed by atoms with Gasteiger partial charge in [0.15, 0.2) is 17.1 Å². The van der Waals surface area contributed by atoms with E-state index in [2.05, 4.69) is 50.8 Å². The lowest BCUT2D eigenvalue weighted by Gasteiger charge is -2.34. The van der Waals surface area contributed by atoms with Gasteiger partial charge in [0, 0.05) is 62.7 Å². The second-order valence-electron chi connectivity index (χ2n) is 13.3. The largest absolute Gasteiger partial charge is 0.573 e. The molecule has 1 aromatic heterocycles. The van der Waals surface area contributed by atoms with E-state index in [9.17, 15) is 13.2 Å². The third kappa shape index (κ3) is 10.2. The molecule has 0 saturated carbocycles. The van der Waals surface area contributed by atoms with Gasteiger partial charge in [-0.1, -0.05) is 6.92 Å². The summed E-state index contributed by atoms with van der Waals surface area (Å²) in [6.45, 7) is 12.8. The zero-order chi connectivity index (χ0) is 36.5. The van der Waals surface area contributed by atoms with Crippen molar-refractivity contribution in [3.63, 3.8) is 0 Å². The first-order valence-electron chi connectivity index (χ1n) is 18.1. The average molecular weight is 724 g/mol. The highest BCUT2D eigenvalue weighted by Gasteiger charge is 2.31. The Hall–Kier alpha value is -4.33. The van der Waals surface area contributed by atoms with E-state index in [4.69, 9.17) is 23.6 Å². The molecular weight excluding hydrogens is 675 g/mol. The van der Waals surface area contributed by atoms with Crippen LogP contribution in [0.25, 0.3) is 22.6 Å². The summed E-state index contributed by atoms with van der Waals surface area (Å²) in [5.74, 6) is 1.94. The fourth-order valence-corrected chi connectivity index (χ4v) is 6.49. The zero-order valence-electron chi connectivity index (χ0n) is 30.1. The van der Waals surface area contributed by atoms with Crippen LogP contribution in [0, 0.1) is 6.92 Å². The van der Waals surface area contributed by atoms with Crippen molar-refractivity contribution < 1.29 is 36.5 Å². The summed E-state index contributed by atoms with van der Waals surface area (Å²) in [6, 6.07) is 13.7. The van der Waals surface area contributed by atoms with Crippen LogP contribution in [0.3, 0.4) is 0 Å². The van der Waals surface area contributed by atoms with Crippen molar-refractivity contribution in [3.05, 3.63) is 59.7 Å². The van der Waals surface area contributed by atoms with E-state index >= 15 is 0 Å². The van der Waals surface area contributed by atoms with E-state index in [1.54, 1.807) is 25.3 Å². The molecule has 2 aliphatic rings. The zero-order valence-corrected chi connectivity index (χ0v) is 30.1.